The monoisotopic (exact) mass is 319 g/mol. The minimum Gasteiger partial charge on any atom is -0.350 e. The molecule has 0 aliphatic carbocycles. The van der Waals surface area contributed by atoms with Crippen molar-refractivity contribution in [3.05, 3.63) is 16.3 Å². The van der Waals surface area contributed by atoms with Gasteiger partial charge in [-0.2, -0.15) is 0 Å². The Morgan fingerprint density at radius 2 is 2.00 bits per heavy atom. The SMILES string of the molecule is CCCNCCNC(=O)c1sccc1S(=O)(=O)N(C)C. The highest BCUT2D eigenvalue weighted by Gasteiger charge is 2.25. The van der Waals surface area contributed by atoms with Crippen molar-refractivity contribution in [3.63, 3.8) is 0 Å². The van der Waals surface area contributed by atoms with Crippen molar-refractivity contribution in [1.82, 2.24) is 14.9 Å². The molecule has 6 nitrogen and oxygen atoms in total. The van der Waals surface area contributed by atoms with Gasteiger partial charge < -0.3 is 10.6 Å². The number of amides is 1. The summed E-state index contributed by atoms with van der Waals surface area (Å²) in [5.74, 6) is -0.348. The lowest BCUT2D eigenvalue weighted by Gasteiger charge is -2.12. The molecular weight excluding hydrogens is 298 g/mol. The zero-order chi connectivity index (χ0) is 15.2. The number of hydrogen-bond acceptors (Lipinski definition) is 5. The van der Waals surface area contributed by atoms with Crippen LogP contribution >= 0.6 is 11.3 Å². The van der Waals surface area contributed by atoms with Gasteiger partial charge >= 0.3 is 0 Å². The third-order valence-electron chi connectivity index (χ3n) is 2.61. The minimum absolute atomic E-state index is 0.0616. The maximum absolute atomic E-state index is 12.1. The maximum Gasteiger partial charge on any atom is 0.262 e. The van der Waals surface area contributed by atoms with Gasteiger partial charge in [0.15, 0.2) is 0 Å². The van der Waals surface area contributed by atoms with E-state index in [0.29, 0.717) is 13.1 Å². The fourth-order valence-electron chi connectivity index (χ4n) is 1.51. The lowest BCUT2D eigenvalue weighted by molar-refractivity contribution is 0.0955. The molecule has 0 bridgehead atoms. The Labute approximate surface area is 124 Å². The Kier molecular flexibility index (Phi) is 6.60. The number of hydrogen-bond donors (Lipinski definition) is 2. The first-order chi connectivity index (χ1) is 9.41. The van der Waals surface area contributed by atoms with Gasteiger partial charge in [-0.3, -0.25) is 4.79 Å². The highest BCUT2D eigenvalue weighted by atomic mass is 32.2. The average molecular weight is 319 g/mol. The lowest BCUT2D eigenvalue weighted by atomic mass is 10.4. The van der Waals surface area contributed by atoms with Crippen LogP contribution in [0.2, 0.25) is 0 Å². The van der Waals surface area contributed by atoms with Crippen molar-refractivity contribution in [1.29, 1.82) is 0 Å². The van der Waals surface area contributed by atoms with E-state index in [2.05, 4.69) is 17.6 Å². The van der Waals surface area contributed by atoms with Gasteiger partial charge in [-0.1, -0.05) is 6.92 Å². The molecule has 1 heterocycles. The van der Waals surface area contributed by atoms with Crippen molar-refractivity contribution in [3.8, 4) is 0 Å². The molecule has 0 radical (unpaired) electrons. The topological polar surface area (TPSA) is 78.5 Å². The van der Waals surface area contributed by atoms with Gasteiger partial charge in [0.1, 0.15) is 9.77 Å². The summed E-state index contributed by atoms with van der Waals surface area (Å²) >= 11 is 1.13. The first-order valence-electron chi connectivity index (χ1n) is 6.40. The number of carbonyl (C=O) groups is 1. The number of rotatable bonds is 8. The van der Waals surface area contributed by atoms with E-state index in [4.69, 9.17) is 0 Å². The van der Waals surface area contributed by atoms with Crippen molar-refractivity contribution in [2.45, 2.75) is 18.2 Å². The molecule has 20 heavy (non-hydrogen) atoms. The van der Waals surface area contributed by atoms with Crippen LogP contribution in [-0.4, -0.2) is 52.4 Å². The molecule has 0 saturated carbocycles. The lowest BCUT2D eigenvalue weighted by Crippen LogP contribution is -2.33. The largest absolute Gasteiger partial charge is 0.350 e. The first-order valence-corrected chi connectivity index (χ1v) is 8.72. The van der Waals surface area contributed by atoms with Crippen LogP contribution < -0.4 is 10.6 Å². The van der Waals surface area contributed by atoms with Crippen LogP contribution in [0, 0.1) is 0 Å². The smallest absolute Gasteiger partial charge is 0.262 e. The van der Waals surface area contributed by atoms with Crippen LogP contribution in [-0.2, 0) is 10.0 Å². The number of nitrogens with one attached hydrogen (secondary N) is 2. The summed E-state index contributed by atoms with van der Waals surface area (Å²) < 4.78 is 25.3. The van der Waals surface area contributed by atoms with E-state index >= 15 is 0 Å². The molecule has 1 aromatic heterocycles. The van der Waals surface area contributed by atoms with E-state index in [-0.39, 0.29) is 15.7 Å². The van der Waals surface area contributed by atoms with E-state index in [1.165, 1.54) is 20.2 Å². The van der Waals surface area contributed by atoms with E-state index < -0.39 is 10.0 Å². The summed E-state index contributed by atoms with van der Waals surface area (Å²) in [5, 5.41) is 7.49. The summed E-state index contributed by atoms with van der Waals surface area (Å²) in [5.41, 5.74) is 0. The molecular formula is C12H21N3O3S2. The van der Waals surface area contributed by atoms with Crippen LogP contribution in [0.3, 0.4) is 0 Å². The normalized spacial score (nSPS) is 11.8. The fraction of sp³-hybridized carbons (Fsp3) is 0.583. The zero-order valence-corrected chi connectivity index (χ0v) is 13.6. The summed E-state index contributed by atoms with van der Waals surface area (Å²) in [4.78, 5) is 12.3. The van der Waals surface area contributed by atoms with E-state index in [1.807, 2.05) is 0 Å². The van der Waals surface area contributed by atoms with Crippen LogP contribution in [0.1, 0.15) is 23.0 Å². The molecule has 1 rings (SSSR count). The van der Waals surface area contributed by atoms with Gasteiger partial charge in [0.25, 0.3) is 5.91 Å². The van der Waals surface area contributed by atoms with Gasteiger partial charge in [-0.15, -0.1) is 11.3 Å². The van der Waals surface area contributed by atoms with E-state index in [0.717, 1.165) is 28.6 Å². The average Bonchev–Trinajstić information content (AvgIpc) is 2.88. The molecule has 8 heteroatoms. The summed E-state index contributed by atoms with van der Waals surface area (Å²) in [6, 6.07) is 1.46. The molecule has 1 amide bonds. The second-order valence-corrected chi connectivity index (χ2v) is 7.44. The highest BCUT2D eigenvalue weighted by Crippen LogP contribution is 2.23. The second-order valence-electron chi connectivity index (χ2n) is 4.41. The van der Waals surface area contributed by atoms with Crippen LogP contribution in [0.5, 0.6) is 0 Å². The van der Waals surface area contributed by atoms with E-state index in [1.54, 1.807) is 5.38 Å². The molecule has 0 aliphatic heterocycles. The second kappa shape index (κ2) is 7.72. The van der Waals surface area contributed by atoms with Crippen molar-refractivity contribution < 1.29 is 13.2 Å². The molecule has 0 saturated heterocycles. The Hall–Kier alpha value is -0.960. The molecule has 114 valence electrons. The Bertz CT molecular complexity index is 538. The summed E-state index contributed by atoms with van der Waals surface area (Å²) in [6.45, 7) is 4.10. The van der Waals surface area contributed by atoms with Crippen LogP contribution in [0.4, 0.5) is 0 Å². The van der Waals surface area contributed by atoms with Crippen molar-refractivity contribution >= 4 is 27.3 Å². The molecule has 2 N–H and O–H groups in total. The third kappa shape index (κ3) is 4.27. The third-order valence-corrected chi connectivity index (χ3v) is 5.51. The van der Waals surface area contributed by atoms with Crippen LogP contribution in [0.25, 0.3) is 0 Å². The summed E-state index contributed by atoms with van der Waals surface area (Å²) in [7, 11) is -0.686. The van der Waals surface area contributed by atoms with Gasteiger partial charge in [-0.25, -0.2) is 12.7 Å². The first kappa shape index (κ1) is 17.1. The highest BCUT2D eigenvalue weighted by molar-refractivity contribution is 7.89. The molecule has 0 aromatic carbocycles. The Morgan fingerprint density at radius 1 is 1.30 bits per heavy atom. The molecule has 0 atom stereocenters. The standard InChI is InChI=1S/C12H21N3O3S2/c1-4-6-13-7-8-14-12(16)11-10(5-9-19-11)20(17,18)15(2)3/h5,9,13H,4,6-8H2,1-3H3,(H,14,16). The number of carbonyl (C=O) groups excluding carboxylic acids is 1. The molecule has 0 unspecified atom stereocenters. The predicted octanol–water partition coefficient (Wildman–Crippen LogP) is 0.728. The molecule has 0 fully saturated rings. The predicted molar refractivity (Wildman–Crippen MR) is 80.7 cm³/mol. The zero-order valence-electron chi connectivity index (χ0n) is 12.0. The Morgan fingerprint density at radius 3 is 2.60 bits per heavy atom. The van der Waals surface area contributed by atoms with Gasteiger partial charge in [0.2, 0.25) is 10.0 Å². The summed E-state index contributed by atoms with van der Waals surface area (Å²) in [6.07, 6.45) is 1.03. The minimum atomic E-state index is -3.58. The quantitative estimate of drug-likeness (QED) is 0.692. The van der Waals surface area contributed by atoms with Crippen molar-refractivity contribution in [2.24, 2.45) is 0 Å². The van der Waals surface area contributed by atoms with Crippen LogP contribution in [0.15, 0.2) is 16.3 Å². The van der Waals surface area contributed by atoms with Gasteiger partial charge in [0, 0.05) is 27.2 Å². The van der Waals surface area contributed by atoms with Crippen molar-refractivity contribution in [2.75, 3.05) is 33.7 Å². The fourth-order valence-corrected chi connectivity index (χ4v) is 3.72. The maximum atomic E-state index is 12.1. The molecule has 1 aromatic rings. The van der Waals surface area contributed by atoms with Gasteiger partial charge in [0.05, 0.1) is 0 Å². The molecule has 0 spiro atoms. The van der Waals surface area contributed by atoms with Gasteiger partial charge in [-0.05, 0) is 24.4 Å². The number of thiophene rings is 1. The van der Waals surface area contributed by atoms with E-state index in [9.17, 15) is 13.2 Å². The Balaban J connectivity index is 2.69. The molecule has 0 aliphatic rings. The number of sulfonamides is 1. The number of nitrogens with zero attached hydrogens (tertiary/aromatic N) is 1.